The van der Waals surface area contributed by atoms with Gasteiger partial charge in [-0.05, 0) is 66.3 Å². The highest BCUT2D eigenvalue weighted by molar-refractivity contribution is 5.89. The Morgan fingerprint density at radius 3 is 2.61 bits per heavy atom. The third-order valence-corrected chi connectivity index (χ3v) is 7.61. The second-order valence-corrected chi connectivity index (χ2v) is 9.87. The van der Waals surface area contributed by atoms with Crippen LogP contribution in [0.2, 0.25) is 0 Å². The van der Waals surface area contributed by atoms with E-state index < -0.39 is 5.97 Å². The molecule has 0 saturated carbocycles. The molecule has 0 radical (unpaired) electrons. The number of benzene rings is 3. The summed E-state index contributed by atoms with van der Waals surface area (Å²) in [7, 11) is 0. The molecule has 4 aromatic rings. The zero-order valence-corrected chi connectivity index (χ0v) is 20.9. The SMILES string of the molecule is Cc1cc(N2CCC(CN[C@H](C)c3cccc4ccccc34)C(c3ccccc3)C2)ncc1C(=O)O. The Morgan fingerprint density at radius 1 is 1.08 bits per heavy atom. The Labute approximate surface area is 212 Å². The molecule has 2 N–H and O–H groups in total. The number of fused-ring (bicyclic) bond motifs is 1. The van der Waals surface area contributed by atoms with Gasteiger partial charge in [-0.15, -0.1) is 0 Å². The van der Waals surface area contributed by atoms with E-state index in [4.69, 9.17) is 0 Å². The molecule has 2 heterocycles. The van der Waals surface area contributed by atoms with Crippen molar-refractivity contribution in [2.45, 2.75) is 32.2 Å². The van der Waals surface area contributed by atoms with Crippen molar-refractivity contribution in [3.05, 3.63) is 107 Å². The monoisotopic (exact) mass is 479 g/mol. The summed E-state index contributed by atoms with van der Waals surface area (Å²) in [4.78, 5) is 18.2. The summed E-state index contributed by atoms with van der Waals surface area (Å²) in [6, 6.07) is 28.0. The summed E-state index contributed by atoms with van der Waals surface area (Å²) < 4.78 is 0. The zero-order valence-electron chi connectivity index (χ0n) is 20.9. The van der Waals surface area contributed by atoms with Crippen LogP contribution in [0.3, 0.4) is 0 Å². The van der Waals surface area contributed by atoms with Crippen molar-refractivity contribution in [2.24, 2.45) is 5.92 Å². The van der Waals surface area contributed by atoms with E-state index in [1.807, 2.05) is 13.0 Å². The van der Waals surface area contributed by atoms with Crippen LogP contribution in [0.5, 0.6) is 0 Å². The lowest BCUT2D eigenvalue weighted by molar-refractivity contribution is 0.0695. The van der Waals surface area contributed by atoms with Gasteiger partial charge in [-0.1, -0.05) is 72.8 Å². The van der Waals surface area contributed by atoms with Crippen molar-refractivity contribution in [3.63, 3.8) is 0 Å². The van der Waals surface area contributed by atoms with E-state index in [1.165, 1.54) is 28.1 Å². The highest BCUT2D eigenvalue weighted by Gasteiger charge is 2.31. The number of carboxylic acids is 1. The lowest BCUT2D eigenvalue weighted by Crippen LogP contribution is -2.43. The van der Waals surface area contributed by atoms with E-state index in [2.05, 4.69) is 94.9 Å². The summed E-state index contributed by atoms with van der Waals surface area (Å²) >= 11 is 0. The molecule has 5 rings (SSSR count). The predicted octanol–water partition coefficient (Wildman–Crippen LogP) is 6.20. The Kier molecular flexibility index (Phi) is 7.01. The number of hydrogen-bond acceptors (Lipinski definition) is 4. The van der Waals surface area contributed by atoms with Crippen LogP contribution in [0.25, 0.3) is 10.8 Å². The quantitative estimate of drug-likeness (QED) is 0.330. The fraction of sp³-hybridized carbons (Fsp3) is 0.290. The first-order chi connectivity index (χ1) is 17.5. The predicted molar refractivity (Wildman–Crippen MR) is 146 cm³/mol. The van der Waals surface area contributed by atoms with Crippen LogP contribution in [0.4, 0.5) is 5.82 Å². The summed E-state index contributed by atoms with van der Waals surface area (Å²) in [5.41, 5.74) is 3.68. The first kappa shape index (κ1) is 24.0. The number of aryl methyl sites for hydroxylation is 1. The van der Waals surface area contributed by atoms with Crippen molar-refractivity contribution < 1.29 is 9.90 Å². The summed E-state index contributed by atoms with van der Waals surface area (Å²) in [6.45, 7) is 6.79. The molecule has 3 aromatic carbocycles. The molecular weight excluding hydrogens is 446 g/mol. The fourth-order valence-corrected chi connectivity index (χ4v) is 5.54. The molecule has 1 aliphatic rings. The molecule has 0 amide bonds. The van der Waals surface area contributed by atoms with Crippen molar-refractivity contribution >= 4 is 22.6 Å². The van der Waals surface area contributed by atoms with Gasteiger partial charge in [0.2, 0.25) is 0 Å². The number of pyridine rings is 1. The second kappa shape index (κ2) is 10.5. The van der Waals surface area contributed by atoms with E-state index >= 15 is 0 Å². The molecule has 0 spiro atoms. The summed E-state index contributed by atoms with van der Waals surface area (Å²) in [6.07, 6.45) is 2.53. The average molecular weight is 480 g/mol. The normalized spacial score (nSPS) is 18.8. The molecular formula is C31H33N3O2. The highest BCUT2D eigenvalue weighted by atomic mass is 16.4. The van der Waals surface area contributed by atoms with Gasteiger partial charge in [0.15, 0.2) is 0 Å². The van der Waals surface area contributed by atoms with E-state index in [0.29, 0.717) is 11.8 Å². The molecule has 5 nitrogen and oxygen atoms in total. The molecule has 36 heavy (non-hydrogen) atoms. The average Bonchev–Trinajstić information content (AvgIpc) is 2.91. The Balaban J connectivity index is 1.34. The maximum Gasteiger partial charge on any atom is 0.337 e. The lowest BCUT2D eigenvalue weighted by Gasteiger charge is -2.40. The lowest BCUT2D eigenvalue weighted by atomic mass is 9.80. The number of carbonyl (C=O) groups is 1. The molecule has 1 saturated heterocycles. The van der Waals surface area contributed by atoms with E-state index in [-0.39, 0.29) is 11.6 Å². The maximum atomic E-state index is 11.4. The van der Waals surface area contributed by atoms with Crippen LogP contribution in [-0.2, 0) is 0 Å². The molecule has 0 aliphatic carbocycles. The molecule has 1 aliphatic heterocycles. The van der Waals surface area contributed by atoms with Crippen LogP contribution in [0.15, 0.2) is 85.1 Å². The van der Waals surface area contributed by atoms with Gasteiger partial charge in [0.1, 0.15) is 5.82 Å². The number of rotatable bonds is 7. The van der Waals surface area contributed by atoms with Gasteiger partial charge < -0.3 is 15.3 Å². The van der Waals surface area contributed by atoms with Crippen LogP contribution in [-0.4, -0.2) is 35.7 Å². The van der Waals surface area contributed by atoms with Gasteiger partial charge in [0, 0.05) is 31.2 Å². The minimum absolute atomic E-state index is 0.249. The minimum Gasteiger partial charge on any atom is -0.478 e. The first-order valence-corrected chi connectivity index (χ1v) is 12.7. The van der Waals surface area contributed by atoms with Crippen molar-refractivity contribution in [1.82, 2.24) is 10.3 Å². The van der Waals surface area contributed by atoms with Crippen molar-refractivity contribution in [2.75, 3.05) is 24.5 Å². The third kappa shape index (κ3) is 4.98. The highest BCUT2D eigenvalue weighted by Crippen LogP contribution is 2.35. The van der Waals surface area contributed by atoms with Gasteiger partial charge in [-0.2, -0.15) is 0 Å². The van der Waals surface area contributed by atoms with Crippen LogP contribution >= 0.6 is 0 Å². The van der Waals surface area contributed by atoms with Crippen LogP contribution < -0.4 is 10.2 Å². The number of aromatic carboxylic acids is 1. The first-order valence-electron chi connectivity index (χ1n) is 12.7. The molecule has 1 aromatic heterocycles. The molecule has 1 fully saturated rings. The Hall–Kier alpha value is -3.70. The van der Waals surface area contributed by atoms with E-state index in [1.54, 1.807) is 0 Å². The second-order valence-electron chi connectivity index (χ2n) is 9.87. The topological polar surface area (TPSA) is 65.5 Å². The molecule has 5 heteroatoms. The largest absolute Gasteiger partial charge is 0.478 e. The fourth-order valence-electron chi connectivity index (χ4n) is 5.54. The number of nitrogens with zero attached hydrogens (tertiary/aromatic N) is 2. The molecule has 0 bridgehead atoms. The number of aromatic nitrogens is 1. The molecule has 2 unspecified atom stereocenters. The van der Waals surface area contributed by atoms with E-state index in [9.17, 15) is 9.90 Å². The van der Waals surface area contributed by atoms with E-state index in [0.717, 1.165) is 37.4 Å². The number of carboxylic acid groups (broad SMARTS) is 1. The number of hydrogen-bond donors (Lipinski definition) is 2. The number of nitrogens with one attached hydrogen (secondary N) is 1. The number of piperidine rings is 1. The van der Waals surface area contributed by atoms with Gasteiger partial charge in [-0.3, -0.25) is 0 Å². The number of anilines is 1. The Morgan fingerprint density at radius 2 is 1.83 bits per heavy atom. The summed E-state index contributed by atoms with van der Waals surface area (Å²) in [5.74, 6) is 0.765. The summed E-state index contributed by atoms with van der Waals surface area (Å²) in [5, 5.41) is 15.8. The van der Waals surface area contributed by atoms with Gasteiger partial charge in [0.25, 0.3) is 0 Å². The Bertz CT molecular complexity index is 1350. The smallest absolute Gasteiger partial charge is 0.337 e. The van der Waals surface area contributed by atoms with Crippen LogP contribution in [0, 0.1) is 12.8 Å². The van der Waals surface area contributed by atoms with Gasteiger partial charge >= 0.3 is 5.97 Å². The van der Waals surface area contributed by atoms with Crippen LogP contribution in [0.1, 0.15) is 52.4 Å². The molecule has 184 valence electrons. The maximum absolute atomic E-state index is 11.4. The third-order valence-electron chi connectivity index (χ3n) is 7.61. The van der Waals surface area contributed by atoms with Crippen molar-refractivity contribution in [1.29, 1.82) is 0 Å². The minimum atomic E-state index is -0.932. The zero-order chi connectivity index (χ0) is 25.1. The standard InChI is InChI=1S/C31H33N3O2/c1-21-17-30(33-19-28(21)31(35)36)34-16-15-25(29(20-34)24-9-4-3-5-10-24)18-32-22(2)26-14-8-12-23-11-6-7-13-27(23)26/h3-14,17,19,22,25,29,32H,15-16,18,20H2,1-2H3,(H,35,36)/t22-,25?,29?/m1/s1. The van der Waals surface area contributed by atoms with Gasteiger partial charge in [0.05, 0.1) is 5.56 Å². The molecule has 3 atom stereocenters. The van der Waals surface area contributed by atoms with Gasteiger partial charge in [-0.25, -0.2) is 9.78 Å². The van der Waals surface area contributed by atoms with Crippen molar-refractivity contribution in [3.8, 4) is 0 Å².